The number of likely N-dealkylation sites (tertiary alicyclic amines) is 1. The number of carboxylic acid groups (broad SMARTS) is 1. The minimum Gasteiger partial charge on any atom is -0.480 e. The average Bonchev–Trinajstić information content (AvgIpc) is 2.69. The van der Waals surface area contributed by atoms with Crippen LogP contribution in [0.1, 0.15) is 33.6 Å². The van der Waals surface area contributed by atoms with Gasteiger partial charge in [-0.05, 0) is 25.7 Å². The van der Waals surface area contributed by atoms with Crippen LogP contribution in [0.3, 0.4) is 0 Å². The van der Waals surface area contributed by atoms with Gasteiger partial charge in [-0.3, -0.25) is 0 Å². The second kappa shape index (κ2) is 5.56. The van der Waals surface area contributed by atoms with E-state index in [1.807, 2.05) is 6.92 Å². The maximum Gasteiger partial charge on any atom is 0.329 e. The van der Waals surface area contributed by atoms with Crippen molar-refractivity contribution in [3.05, 3.63) is 0 Å². The van der Waals surface area contributed by atoms with Gasteiger partial charge in [0, 0.05) is 6.54 Å². The zero-order valence-corrected chi connectivity index (χ0v) is 11.1. The van der Waals surface area contributed by atoms with Crippen molar-refractivity contribution in [1.82, 2.24) is 10.2 Å². The molecule has 0 radical (unpaired) electrons. The molecule has 0 aromatic carbocycles. The summed E-state index contributed by atoms with van der Waals surface area (Å²) in [7, 11) is 0. The number of carboxylic acids is 1. The van der Waals surface area contributed by atoms with Crippen molar-refractivity contribution >= 4 is 12.0 Å². The molecule has 6 nitrogen and oxygen atoms in total. The lowest BCUT2D eigenvalue weighted by Crippen LogP contribution is -2.57. The SMILES string of the molecule is CCC(C)(NC(=O)N1CCC(C)C1CO)C(=O)O. The molecule has 1 fully saturated rings. The number of aliphatic hydroxyl groups excluding tert-OH is 1. The second-order valence-corrected chi connectivity index (χ2v) is 5.13. The molecule has 2 amide bonds. The Morgan fingerprint density at radius 3 is 2.56 bits per heavy atom. The predicted octanol–water partition coefficient (Wildman–Crippen LogP) is 0.652. The molecule has 3 atom stereocenters. The summed E-state index contributed by atoms with van der Waals surface area (Å²) in [5.41, 5.74) is -1.26. The molecule has 1 aliphatic rings. The zero-order valence-electron chi connectivity index (χ0n) is 11.1. The summed E-state index contributed by atoms with van der Waals surface area (Å²) < 4.78 is 0. The third-order valence-corrected chi connectivity index (χ3v) is 3.89. The molecule has 1 aliphatic heterocycles. The third-order valence-electron chi connectivity index (χ3n) is 3.89. The Hall–Kier alpha value is -1.30. The number of hydrogen-bond donors (Lipinski definition) is 3. The van der Waals surface area contributed by atoms with Crippen LogP contribution in [0.5, 0.6) is 0 Å². The lowest BCUT2D eigenvalue weighted by Gasteiger charge is -2.31. The fourth-order valence-electron chi connectivity index (χ4n) is 2.14. The Morgan fingerprint density at radius 2 is 2.11 bits per heavy atom. The first-order valence-electron chi connectivity index (χ1n) is 6.28. The smallest absolute Gasteiger partial charge is 0.329 e. The van der Waals surface area contributed by atoms with Crippen molar-refractivity contribution in [2.75, 3.05) is 13.2 Å². The molecule has 1 saturated heterocycles. The Labute approximate surface area is 107 Å². The Bertz CT molecular complexity index is 334. The van der Waals surface area contributed by atoms with Crippen LogP contribution in [-0.2, 0) is 4.79 Å². The van der Waals surface area contributed by atoms with E-state index >= 15 is 0 Å². The summed E-state index contributed by atoms with van der Waals surface area (Å²) in [6.07, 6.45) is 1.13. The molecule has 0 aromatic rings. The summed E-state index contributed by atoms with van der Waals surface area (Å²) in [5, 5.41) is 20.9. The first kappa shape index (κ1) is 14.8. The topological polar surface area (TPSA) is 89.9 Å². The lowest BCUT2D eigenvalue weighted by atomic mass is 9.99. The maximum atomic E-state index is 12.1. The molecule has 1 heterocycles. The van der Waals surface area contributed by atoms with Crippen molar-refractivity contribution in [2.24, 2.45) is 5.92 Å². The van der Waals surface area contributed by atoms with Gasteiger partial charge in [-0.15, -0.1) is 0 Å². The molecule has 0 aliphatic carbocycles. The largest absolute Gasteiger partial charge is 0.480 e. The summed E-state index contributed by atoms with van der Waals surface area (Å²) >= 11 is 0. The Balaban J connectivity index is 2.74. The van der Waals surface area contributed by atoms with Crippen LogP contribution in [0, 0.1) is 5.92 Å². The number of aliphatic carboxylic acids is 1. The van der Waals surface area contributed by atoms with Gasteiger partial charge in [0.15, 0.2) is 0 Å². The fourth-order valence-corrected chi connectivity index (χ4v) is 2.14. The van der Waals surface area contributed by atoms with Gasteiger partial charge >= 0.3 is 12.0 Å². The highest BCUT2D eigenvalue weighted by Crippen LogP contribution is 2.24. The predicted molar refractivity (Wildman–Crippen MR) is 66.2 cm³/mol. The number of nitrogens with one attached hydrogen (secondary N) is 1. The van der Waals surface area contributed by atoms with Crippen molar-refractivity contribution in [2.45, 2.75) is 45.2 Å². The number of amides is 2. The Morgan fingerprint density at radius 1 is 1.50 bits per heavy atom. The van der Waals surface area contributed by atoms with E-state index in [-0.39, 0.29) is 18.6 Å². The number of urea groups is 1. The van der Waals surface area contributed by atoms with Gasteiger partial charge in [-0.1, -0.05) is 13.8 Å². The summed E-state index contributed by atoms with van der Waals surface area (Å²) in [6, 6.07) is -0.634. The number of carbonyl (C=O) groups excluding carboxylic acids is 1. The van der Waals surface area contributed by atoms with E-state index < -0.39 is 17.5 Å². The van der Waals surface area contributed by atoms with Gasteiger partial charge in [0.25, 0.3) is 0 Å². The molecule has 0 spiro atoms. The molecule has 3 unspecified atom stereocenters. The first-order valence-corrected chi connectivity index (χ1v) is 6.28. The van der Waals surface area contributed by atoms with Gasteiger partial charge in [0.1, 0.15) is 5.54 Å². The van der Waals surface area contributed by atoms with E-state index in [0.717, 1.165) is 6.42 Å². The van der Waals surface area contributed by atoms with E-state index in [2.05, 4.69) is 5.32 Å². The normalized spacial score (nSPS) is 26.8. The average molecular weight is 258 g/mol. The van der Waals surface area contributed by atoms with E-state index in [4.69, 9.17) is 5.11 Å². The van der Waals surface area contributed by atoms with Gasteiger partial charge in [0.05, 0.1) is 12.6 Å². The maximum absolute atomic E-state index is 12.1. The van der Waals surface area contributed by atoms with Gasteiger partial charge in [0.2, 0.25) is 0 Å². The molecule has 0 aromatic heterocycles. The zero-order chi connectivity index (χ0) is 13.9. The van der Waals surface area contributed by atoms with E-state index in [9.17, 15) is 14.7 Å². The van der Waals surface area contributed by atoms with E-state index in [1.54, 1.807) is 6.92 Å². The molecule has 3 N–H and O–H groups in total. The van der Waals surface area contributed by atoms with Crippen LogP contribution in [0.2, 0.25) is 0 Å². The number of hydrogen-bond acceptors (Lipinski definition) is 3. The van der Waals surface area contributed by atoms with Crippen molar-refractivity contribution in [3.8, 4) is 0 Å². The van der Waals surface area contributed by atoms with E-state index in [1.165, 1.54) is 11.8 Å². The molecule has 0 saturated carbocycles. The van der Waals surface area contributed by atoms with Crippen LogP contribution < -0.4 is 5.32 Å². The highest BCUT2D eigenvalue weighted by atomic mass is 16.4. The lowest BCUT2D eigenvalue weighted by molar-refractivity contribution is -0.143. The van der Waals surface area contributed by atoms with Gasteiger partial charge in [-0.2, -0.15) is 0 Å². The van der Waals surface area contributed by atoms with E-state index in [0.29, 0.717) is 13.0 Å². The van der Waals surface area contributed by atoms with Crippen LogP contribution in [0.25, 0.3) is 0 Å². The number of nitrogens with zero attached hydrogens (tertiary/aromatic N) is 1. The van der Waals surface area contributed by atoms with Crippen LogP contribution in [-0.4, -0.2) is 51.8 Å². The third kappa shape index (κ3) is 2.75. The molecule has 0 bridgehead atoms. The number of aliphatic hydroxyl groups is 1. The molecular weight excluding hydrogens is 236 g/mol. The van der Waals surface area contributed by atoms with Crippen molar-refractivity contribution in [1.29, 1.82) is 0 Å². The molecule has 18 heavy (non-hydrogen) atoms. The molecule has 104 valence electrons. The molecular formula is C12H22N2O4. The van der Waals surface area contributed by atoms with Crippen molar-refractivity contribution in [3.63, 3.8) is 0 Å². The Kier molecular flexibility index (Phi) is 4.56. The molecule has 6 heteroatoms. The monoisotopic (exact) mass is 258 g/mol. The van der Waals surface area contributed by atoms with Crippen LogP contribution in [0.4, 0.5) is 4.79 Å². The van der Waals surface area contributed by atoms with Crippen LogP contribution >= 0.6 is 0 Å². The summed E-state index contributed by atoms with van der Waals surface area (Å²) in [5.74, 6) is -0.815. The summed E-state index contributed by atoms with van der Waals surface area (Å²) in [6.45, 7) is 5.64. The second-order valence-electron chi connectivity index (χ2n) is 5.13. The number of carbonyl (C=O) groups is 2. The van der Waals surface area contributed by atoms with Crippen molar-refractivity contribution < 1.29 is 19.8 Å². The first-order chi connectivity index (χ1) is 8.35. The quantitative estimate of drug-likeness (QED) is 0.690. The van der Waals surface area contributed by atoms with Crippen LogP contribution in [0.15, 0.2) is 0 Å². The minimum atomic E-state index is -1.26. The minimum absolute atomic E-state index is 0.0928. The summed E-state index contributed by atoms with van der Waals surface area (Å²) in [4.78, 5) is 24.7. The van der Waals surface area contributed by atoms with Gasteiger partial charge in [-0.25, -0.2) is 9.59 Å². The molecule has 1 rings (SSSR count). The van der Waals surface area contributed by atoms with Gasteiger partial charge < -0.3 is 20.4 Å². The highest BCUT2D eigenvalue weighted by molar-refractivity contribution is 5.86. The highest BCUT2D eigenvalue weighted by Gasteiger charge is 2.39. The standard InChI is InChI=1S/C12H22N2O4/c1-4-12(3,10(16)17)13-11(18)14-6-5-8(2)9(14)7-15/h8-9,15H,4-7H2,1-3H3,(H,13,18)(H,16,17). The fraction of sp³-hybridized carbons (Fsp3) is 0.833. The number of rotatable bonds is 4.